The number of allylic oxidation sites excluding steroid dienone is 7. The first kappa shape index (κ1) is 15.8. The Labute approximate surface area is 129 Å². The molecule has 0 bridgehead atoms. The van der Waals surface area contributed by atoms with E-state index in [1.165, 1.54) is 41.6 Å². The predicted molar refractivity (Wildman–Crippen MR) is 93.5 cm³/mol. The van der Waals surface area contributed by atoms with Crippen molar-refractivity contribution in [1.29, 1.82) is 0 Å². The Morgan fingerprint density at radius 1 is 1.43 bits per heavy atom. The van der Waals surface area contributed by atoms with Crippen LogP contribution >= 0.6 is 0 Å². The van der Waals surface area contributed by atoms with Gasteiger partial charge < -0.3 is 0 Å². The van der Waals surface area contributed by atoms with E-state index in [-0.39, 0.29) is 5.41 Å². The van der Waals surface area contributed by atoms with Crippen LogP contribution in [0.15, 0.2) is 64.9 Å². The van der Waals surface area contributed by atoms with Crippen LogP contribution in [0.4, 0.5) is 0 Å². The van der Waals surface area contributed by atoms with Gasteiger partial charge in [0.05, 0.1) is 5.71 Å². The molecule has 2 unspecified atom stereocenters. The van der Waals surface area contributed by atoms with E-state index in [1.54, 1.807) is 6.20 Å². The highest BCUT2D eigenvalue weighted by Gasteiger charge is 2.40. The average molecular weight is 281 g/mol. The molecule has 1 fully saturated rings. The number of rotatable bonds is 3. The van der Waals surface area contributed by atoms with E-state index >= 15 is 0 Å². The van der Waals surface area contributed by atoms with Gasteiger partial charge in [-0.2, -0.15) is 0 Å². The molecule has 112 valence electrons. The van der Waals surface area contributed by atoms with Crippen LogP contribution in [0.25, 0.3) is 0 Å². The zero-order valence-corrected chi connectivity index (χ0v) is 13.9. The summed E-state index contributed by atoms with van der Waals surface area (Å²) in [5.74, 6) is 0.678. The highest BCUT2D eigenvalue weighted by molar-refractivity contribution is 6.18. The second-order valence-electron chi connectivity index (χ2n) is 6.70. The van der Waals surface area contributed by atoms with E-state index in [4.69, 9.17) is 0 Å². The van der Waals surface area contributed by atoms with Crippen LogP contribution < -0.4 is 0 Å². The molecular weight excluding hydrogens is 254 g/mol. The maximum atomic E-state index is 4.56. The lowest BCUT2D eigenvalue weighted by atomic mass is 9.70. The average Bonchev–Trinajstić information content (AvgIpc) is 2.79. The number of hydrogen-bond acceptors (Lipinski definition) is 1. The lowest BCUT2D eigenvalue weighted by Gasteiger charge is -2.34. The van der Waals surface area contributed by atoms with Gasteiger partial charge in [0.1, 0.15) is 0 Å². The Morgan fingerprint density at radius 3 is 2.67 bits per heavy atom. The SMILES string of the molecule is C=C/N=C1/C(C(=C)C2(C)CCCC2C)=CC=CC1=C(C)C. The van der Waals surface area contributed by atoms with Crippen LogP contribution in [0.5, 0.6) is 0 Å². The maximum Gasteiger partial charge on any atom is 0.0776 e. The fourth-order valence-electron chi connectivity index (χ4n) is 3.52. The van der Waals surface area contributed by atoms with Crippen LogP contribution in [0, 0.1) is 11.3 Å². The van der Waals surface area contributed by atoms with Crippen LogP contribution in [-0.2, 0) is 0 Å². The largest absolute Gasteiger partial charge is 0.256 e. The van der Waals surface area contributed by atoms with Crippen molar-refractivity contribution in [2.75, 3.05) is 0 Å². The Balaban J connectivity index is 2.47. The third kappa shape index (κ3) is 2.74. The van der Waals surface area contributed by atoms with E-state index in [0.717, 1.165) is 5.71 Å². The molecule has 2 aliphatic rings. The molecule has 2 aliphatic carbocycles. The summed E-state index contributed by atoms with van der Waals surface area (Å²) in [7, 11) is 0. The zero-order chi connectivity index (χ0) is 15.6. The third-order valence-corrected chi connectivity index (χ3v) is 5.23. The molecule has 2 rings (SSSR count). The van der Waals surface area contributed by atoms with Crippen LogP contribution in [-0.4, -0.2) is 5.71 Å². The summed E-state index contributed by atoms with van der Waals surface area (Å²) in [6.45, 7) is 17.2. The van der Waals surface area contributed by atoms with Gasteiger partial charge in [0.2, 0.25) is 0 Å². The maximum absolute atomic E-state index is 4.56. The van der Waals surface area contributed by atoms with Gasteiger partial charge in [-0.1, -0.05) is 57.2 Å². The monoisotopic (exact) mass is 281 g/mol. The summed E-state index contributed by atoms with van der Waals surface area (Å²) in [6.07, 6.45) is 11.9. The Kier molecular flexibility index (Phi) is 4.51. The predicted octanol–water partition coefficient (Wildman–Crippen LogP) is 5.79. The molecule has 0 N–H and O–H groups in total. The fourth-order valence-corrected chi connectivity index (χ4v) is 3.52. The number of hydrogen-bond donors (Lipinski definition) is 0. The van der Waals surface area contributed by atoms with Crippen molar-refractivity contribution < 1.29 is 0 Å². The van der Waals surface area contributed by atoms with Gasteiger partial charge in [0.25, 0.3) is 0 Å². The minimum atomic E-state index is 0.186. The highest BCUT2D eigenvalue weighted by Crippen LogP contribution is 2.50. The van der Waals surface area contributed by atoms with Gasteiger partial charge in [0, 0.05) is 11.8 Å². The molecule has 0 radical (unpaired) electrons. The van der Waals surface area contributed by atoms with E-state index < -0.39 is 0 Å². The summed E-state index contributed by atoms with van der Waals surface area (Å²) in [5.41, 5.74) is 6.10. The first-order valence-electron chi connectivity index (χ1n) is 7.87. The second-order valence-corrected chi connectivity index (χ2v) is 6.70. The minimum absolute atomic E-state index is 0.186. The van der Waals surface area contributed by atoms with Gasteiger partial charge in [-0.3, -0.25) is 4.99 Å². The highest BCUT2D eigenvalue weighted by atomic mass is 14.7. The van der Waals surface area contributed by atoms with Gasteiger partial charge in [-0.05, 0) is 49.2 Å². The topological polar surface area (TPSA) is 12.4 Å². The molecular formula is C20H27N. The summed E-state index contributed by atoms with van der Waals surface area (Å²) >= 11 is 0. The molecule has 0 aliphatic heterocycles. The van der Waals surface area contributed by atoms with Gasteiger partial charge in [0.15, 0.2) is 0 Å². The first-order chi connectivity index (χ1) is 9.91. The Morgan fingerprint density at radius 2 is 2.14 bits per heavy atom. The van der Waals surface area contributed by atoms with Crippen LogP contribution in [0.2, 0.25) is 0 Å². The molecule has 0 aromatic heterocycles. The van der Waals surface area contributed by atoms with Crippen molar-refractivity contribution >= 4 is 5.71 Å². The van der Waals surface area contributed by atoms with Crippen molar-refractivity contribution in [3.8, 4) is 0 Å². The van der Waals surface area contributed by atoms with E-state index in [0.29, 0.717) is 5.92 Å². The van der Waals surface area contributed by atoms with E-state index in [9.17, 15) is 0 Å². The molecule has 1 nitrogen and oxygen atoms in total. The quantitative estimate of drug-likeness (QED) is 0.621. The van der Waals surface area contributed by atoms with Gasteiger partial charge >= 0.3 is 0 Å². The Hall–Kier alpha value is -1.63. The van der Waals surface area contributed by atoms with Crippen molar-refractivity contribution in [2.45, 2.75) is 47.0 Å². The summed E-state index contributed by atoms with van der Waals surface area (Å²) in [4.78, 5) is 4.56. The molecule has 0 amide bonds. The normalized spacial score (nSPS) is 30.5. The van der Waals surface area contributed by atoms with E-state index in [1.807, 2.05) is 0 Å². The zero-order valence-electron chi connectivity index (χ0n) is 13.9. The summed E-state index contributed by atoms with van der Waals surface area (Å²) in [6, 6.07) is 0. The molecule has 0 aromatic rings. The molecule has 21 heavy (non-hydrogen) atoms. The first-order valence-corrected chi connectivity index (χ1v) is 7.87. The van der Waals surface area contributed by atoms with E-state index in [2.05, 4.69) is 64.1 Å². The standard InChI is InChI=1S/C20H27N/c1-7-21-19-17(14(2)3)11-8-12-18(19)16(5)20(6)13-9-10-15(20)4/h7-8,11-12,15H,1,5,9-10,13H2,2-4,6H3/b21-19+. The van der Waals surface area contributed by atoms with Crippen molar-refractivity contribution in [3.63, 3.8) is 0 Å². The van der Waals surface area contributed by atoms with Crippen LogP contribution in [0.3, 0.4) is 0 Å². The molecule has 0 heterocycles. The molecule has 0 saturated heterocycles. The molecule has 0 spiro atoms. The van der Waals surface area contributed by atoms with Crippen molar-refractivity contribution in [2.24, 2.45) is 16.3 Å². The Bertz CT molecular complexity index is 579. The molecule has 0 aromatic carbocycles. The minimum Gasteiger partial charge on any atom is -0.256 e. The summed E-state index contributed by atoms with van der Waals surface area (Å²) < 4.78 is 0. The molecule has 1 saturated carbocycles. The van der Waals surface area contributed by atoms with Crippen molar-refractivity contribution in [1.82, 2.24) is 0 Å². The summed E-state index contributed by atoms with van der Waals surface area (Å²) in [5, 5.41) is 0. The smallest absolute Gasteiger partial charge is 0.0776 e. The number of nitrogens with zero attached hydrogens (tertiary/aromatic N) is 1. The fraction of sp³-hybridized carbons (Fsp3) is 0.450. The molecule has 2 atom stereocenters. The van der Waals surface area contributed by atoms with Gasteiger partial charge in [-0.15, -0.1) is 0 Å². The lowest BCUT2D eigenvalue weighted by molar-refractivity contribution is 0.314. The number of aliphatic imine (C=N–C) groups is 1. The lowest BCUT2D eigenvalue weighted by Crippen LogP contribution is -2.26. The van der Waals surface area contributed by atoms with Gasteiger partial charge in [-0.25, -0.2) is 0 Å². The third-order valence-electron chi connectivity index (χ3n) is 5.23. The van der Waals surface area contributed by atoms with Crippen molar-refractivity contribution in [3.05, 3.63) is 59.9 Å². The molecule has 1 heteroatoms. The van der Waals surface area contributed by atoms with Crippen LogP contribution in [0.1, 0.15) is 47.0 Å². The second kappa shape index (κ2) is 6.01.